The zero-order valence-electron chi connectivity index (χ0n) is 13.6. The minimum atomic E-state index is -1.22. The van der Waals surface area contributed by atoms with Gasteiger partial charge in [0.1, 0.15) is 12.1 Å². The van der Waals surface area contributed by atoms with Gasteiger partial charge in [-0.2, -0.15) is 0 Å². The lowest BCUT2D eigenvalue weighted by molar-refractivity contribution is -0.141. The van der Waals surface area contributed by atoms with Crippen LogP contribution in [0.25, 0.3) is 0 Å². The standard InChI is InChI=1S/C14H21N5O6/c1-7(14(24)25)18-13(23)10(4-8-5-16-6-17-8)19-12(22)9(15)2-3-11(20)21/h5-7,9-10H,2-4,15H2,1H3,(H,16,17)(H,18,23)(H,19,22)(H,20,21)(H,24,25)/t7-,9-,10-/m0/s1. The van der Waals surface area contributed by atoms with Crippen molar-refractivity contribution < 1.29 is 29.4 Å². The largest absolute Gasteiger partial charge is 0.481 e. The van der Waals surface area contributed by atoms with E-state index >= 15 is 0 Å². The minimum Gasteiger partial charge on any atom is -0.481 e. The van der Waals surface area contributed by atoms with Crippen molar-refractivity contribution in [2.45, 2.75) is 44.3 Å². The second-order valence-corrected chi connectivity index (χ2v) is 5.45. The molecule has 138 valence electrons. The molecule has 0 fully saturated rings. The topological polar surface area (TPSA) is 187 Å². The lowest BCUT2D eigenvalue weighted by Gasteiger charge is -2.21. The molecule has 0 saturated carbocycles. The van der Waals surface area contributed by atoms with E-state index in [-0.39, 0.29) is 19.3 Å². The predicted octanol–water partition coefficient (Wildman–Crippen LogP) is -1.78. The Morgan fingerprint density at radius 3 is 2.44 bits per heavy atom. The fourth-order valence-corrected chi connectivity index (χ4v) is 1.89. The van der Waals surface area contributed by atoms with Crippen LogP contribution in [0.5, 0.6) is 0 Å². The minimum absolute atomic E-state index is 0.0373. The van der Waals surface area contributed by atoms with E-state index < -0.39 is 41.9 Å². The van der Waals surface area contributed by atoms with E-state index in [1.165, 1.54) is 19.4 Å². The molecule has 0 unspecified atom stereocenters. The van der Waals surface area contributed by atoms with E-state index in [0.29, 0.717) is 5.69 Å². The number of nitrogens with two attached hydrogens (primary N) is 1. The first kappa shape index (κ1) is 20.1. The second kappa shape index (κ2) is 9.37. The van der Waals surface area contributed by atoms with E-state index in [1.54, 1.807) is 0 Å². The van der Waals surface area contributed by atoms with Crippen LogP contribution in [0.3, 0.4) is 0 Å². The first-order valence-electron chi connectivity index (χ1n) is 7.49. The Bertz CT molecular complexity index is 617. The number of imidazole rings is 1. The van der Waals surface area contributed by atoms with Crippen molar-refractivity contribution in [3.63, 3.8) is 0 Å². The van der Waals surface area contributed by atoms with Crippen molar-refractivity contribution in [1.82, 2.24) is 20.6 Å². The summed E-state index contributed by atoms with van der Waals surface area (Å²) >= 11 is 0. The Balaban J connectivity index is 2.76. The summed E-state index contributed by atoms with van der Waals surface area (Å²) in [4.78, 5) is 52.3. The average molecular weight is 355 g/mol. The lowest BCUT2D eigenvalue weighted by Crippen LogP contribution is -2.54. The predicted molar refractivity (Wildman–Crippen MR) is 84.3 cm³/mol. The Kier molecular flexibility index (Phi) is 7.53. The summed E-state index contributed by atoms with van der Waals surface area (Å²) in [5.41, 5.74) is 6.16. The molecule has 0 bridgehead atoms. The number of rotatable bonds is 10. The van der Waals surface area contributed by atoms with Crippen LogP contribution in [0.15, 0.2) is 12.5 Å². The molecule has 11 nitrogen and oxygen atoms in total. The highest BCUT2D eigenvalue weighted by atomic mass is 16.4. The van der Waals surface area contributed by atoms with Gasteiger partial charge in [0.25, 0.3) is 0 Å². The van der Waals surface area contributed by atoms with Crippen molar-refractivity contribution in [3.05, 3.63) is 18.2 Å². The summed E-state index contributed by atoms with van der Waals surface area (Å²) in [6.45, 7) is 1.29. The summed E-state index contributed by atoms with van der Waals surface area (Å²) in [6, 6.07) is -3.34. The lowest BCUT2D eigenvalue weighted by atomic mass is 10.1. The molecule has 1 heterocycles. The van der Waals surface area contributed by atoms with E-state index in [9.17, 15) is 19.2 Å². The number of aliphatic carboxylic acids is 2. The zero-order valence-corrected chi connectivity index (χ0v) is 13.6. The number of carboxylic acid groups (broad SMARTS) is 2. The van der Waals surface area contributed by atoms with Crippen molar-refractivity contribution in [2.75, 3.05) is 0 Å². The van der Waals surface area contributed by atoms with Gasteiger partial charge in [0.2, 0.25) is 11.8 Å². The first-order chi connectivity index (χ1) is 11.7. The summed E-state index contributed by atoms with van der Waals surface area (Å²) in [6.07, 6.45) is 2.50. The van der Waals surface area contributed by atoms with Gasteiger partial charge in [-0.3, -0.25) is 19.2 Å². The summed E-state index contributed by atoms with van der Waals surface area (Å²) in [5.74, 6) is -3.73. The molecule has 0 aliphatic carbocycles. The molecule has 0 aliphatic heterocycles. The number of nitrogens with zero attached hydrogens (tertiary/aromatic N) is 1. The van der Waals surface area contributed by atoms with E-state index in [4.69, 9.17) is 15.9 Å². The quantitative estimate of drug-likeness (QED) is 0.284. The number of carboxylic acids is 2. The van der Waals surface area contributed by atoms with E-state index in [2.05, 4.69) is 20.6 Å². The number of carbonyl (C=O) groups excluding carboxylic acids is 2. The molecular formula is C14H21N5O6. The molecule has 7 N–H and O–H groups in total. The Labute approximate surface area is 143 Å². The maximum Gasteiger partial charge on any atom is 0.325 e. The van der Waals surface area contributed by atoms with Crippen LogP contribution in [0.4, 0.5) is 0 Å². The fraction of sp³-hybridized carbons (Fsp3) is 0.500. The number of H-pyrrole nitrogens is 1. The van der Waals surface area contributed by atoms with Gasteiger partial charge in [0.05, 0.1) is 12.4 Å². The van der Waals surface area contributed by atoms with Gasteiger partial charge in [-0.15, -0.1) is 0 Å². The maximum atomic E-state index is 12.3. The number of amides is 2. The van der Waals surface area contributed by atoms with Crippen molar-refractivity contribution in [1.29, 1.82) is 0 Å². The molecule has 0 radical (unpaired) electrons. The number of hydrogen-bond donors (Lipinski definition) is 6. The third kappa shape index (κ3) is 6.99. The van der Waals surface area contributed by atoms with Crippen LogP contribution in [-0.4, -0.2) is 62.1 Å². The molecule has 2 amide bonds. The zero-order chi connectivity index (χ0) is 19.0. The third-order valence-electron chi connectivity index (χ3n) is 3.35. The Hall–Kier alpha value is -2.95. The highest BCUT2D eigenvalue weighted by Crippen LogP contribution is 2.02. The fourth-order valence-electron chi connectivity index (χ4n) is 1.89. The van der Waals surface area contributed by atoms with Crippen LogP contribution < -0.4 is 16.4 Å². The number of nitrogens with one attached hydrogen (secondary N) is 3. The normalized spacial score (nSPS) is 14.2. The summed E-state index contributed by atoms with van der Waals surface area (Å²) < 4.78 is 0. The number of hydrogen-bond acceptors (Lipinski definition) is 6. The summed E-state index contributed by atoms with van der Waals surface area (Å²) in [5, 5.41) is 22.2. The smallest absolute Gasteiger partial charge is 0.325 e. The summed E-state index contributed by atoms with van der Waals surface area (Å²) in [7, 11) is 0. The van der Waals surface area contributed by atoms with Gasteiger partial charge in [0, 0.05) is 24.7 Å². The van der Waals surface area contributed by atoms with Crippen molar-refractivity contribution in [3.8, 4) is 0 Å². The molecule has 0 saturated heterocycles. The molecule has 25 heavy (non-hydrogen) atoms. The van der Waals surface area contributed by atoms with Crippen LogP contribution in [0, 0.1) is 0 Å². The molecule has 11 heteroatoms. The molecule has 0 spiro atoms. The van der Waals surface area contributed by atoms with Gasteiger partial charge in [0.15, 0.2) is 0 Å². The van der Waals surface area contributed by atoms with Gasteiger partial charge < -0.3 is 31.6 Å². The van der Waals surface area contributed by atoms with Gasteiger partial charge in [-0.1, -0.05) is 0 Å². The molecule has 1 rings (SSSR count). The first-order valence-corrected chi connectivity index (χ1v) is 7.49. The second-order valence-electron chi connectivity index (χ2n) is 5.45. The van der Waals surface area contributed by atoms with Crippen LogP contribution in [0.1, 0.15) is 25.5 Å². The molecule has 1 aromatic heterocycles. The van der Waals surface area contributed by atoms with Gasteiger partial charge >= 0.3 is 11.9 Å². The average Bonchev–Trinajstić information content (AvgIpc) is 3.04. The SMILES string of the molecule is C[C@H](NC(=O)[C@H](Cc1cnc[nH]1)NC(=O)[C@@H](N)CCC(=O)O)C(=O)O. The van der Waals surface area contributed by atoms with Crippen molar-refractivity contribution in [2.24, 2.45) is 5.73 Å². The molecule has 0 aliphatic rings. The van der Waals surface area contributed by atoms with Crippen LogP contribution >= 0.6 is 0 Å². The number of aromatic amines is 1. The molecular weight excluding hydrogens is 334 g/mol. The van der Waals surface area contributed by atoms with Crippen LogP contribution in [0.2, 0.25) is 0 Å². The highest BCUT2D eigenvalue weighted by Gasteiger charge is 2.27. The third-order valence-corrected chi connectivity index (χ3v) is 3.35. The highest BCUT2D eigenvalue weighted by molar-refractivity contribution is 5.91. The monoisotopic (exact) mass is 355 g/mol. The Morgan fingerprint density at radius 1 is 1.24 bits per heavy atom. The molecule has 3 atom stereocenters. The maximum absolute atomic E-state index is 12.3. The molecule has 0 aromatic carbocycles. The van der Waals surface area contributed by atoms with E-state index in [0.717, 1.165) is 0 Å². The van der Waals surface area contributed by atoms with E-state index in [1.807, 2.05) is 0 Å². The Morgan fingerprint density at radius 2 is 1.92 bits per heavy atom. The number of aromatic nitrogens is 2. The van der Waals surface area contributed by atoms with Crippen LogP contribution in [-0.2, 0) is 25.6 Å². The molecule has 1 aromatic rings. The van der Waals surface area contributed by atoms with Gasteiger partial charge in [-0.25, -0.2) is 4.98 Å². The number of carbonyl (C=O) groups is 4. The van der Waals surface area contributed by atoms with Crippen molar-refractivity contribution >= 4 is 23.8 Å². The van der Waals surface area contributed by atoms with Gasteiger partial charge in [-0.05, 0) is 13.3 Å².